The van der Waals surface area contributed by atoms with E-state index in [0.29, 0.717) is 5.56 Å². The summed E-state index contributed by atoms with van der Waals surface area (Å²) in [5.74, 6) is -0.157. The first-order valence-corrected chi connectivity index (χ1v) is 7.40. The van der Waals surface area contributed by atoms with E-state index < -0.39 is 0 Å². The highest BCUT2D eigenvalue weighted by Crippen LogP contribution is 2.16. The third-order valence-corrected chi connectivity index (χ3v) is 3.45. The molecule has 0 saturated heterocycles. The molecule has 2 aromatic rings. The zero-order chi connectivity index (χ0) is 15.8. The first-order chi connectivity index (χ1) is 10.7. The van der Waals surface area contributed by atoms with Crippen LogP contribution in [0.1, 0.15) is 28.8 Å². The predicted molar refractivity (Wildman–Crippen MR) is 88.8 cm³/mol. The fraction of sp³-hybridized carbons (Fsp3) is 0.211. The normalized spacial score (nSPS) is 13.7. The van der Waals surface area contributed by atoms with E-state index >= 15 is 0 Å². The van der Waals surface area contributed by atoms with Gasteiger partial charge in [0.05, 0.1) is 6.61 Å². The summed E-state index contributed by atoms with van der Waals surface area (Å²) in [5, 5.41) is 12.4. The first-order valence-electron chi connectivity index (χ1n) is 7.40. The molecule has 3 heteroatoms. The number of amides is 1. The van der Waals surface area contributed by atoms with Crippen LogP contribution in [0.2, 0.25) is 0 Å². The van der Waals surface area contributed by atoms with E-state index in [4.69, 9.17) is 0 Å². The molecule has 1 amide bonds. The average molecular weight is 295 g/mol. The molecule has 0 aliphatic heterocycles. The Kier molecular flexibility index (Phi) is 5.92. The summed E-state index contributed by atoms with van der Waals surface area (Å²) in [4.78, 5) is 12.0. The summed E-state index contributed by atoms with van der Waals surface area (Å²) in [6.07, 6.45) is 3.85. The summed E-state index contributed by atoms with van der Waals surface area (Å²) >= 11 is 0. The molecule has 114 valence electrons. The van der Waals surface area contributed by atoms with Gasteiger partial charge in [0, 0.05) is 17.5 Å². The van der Waals surface area contributed by atoms with Crippen LogP contribution in [0, 0.1) is 0 Å². The Labute approximate surface area is 131 Å². The lowest BCUT2D eigenvalue weighted by atomic mass is 9.99. The van der Waals surface area contributed by atoms with Crippen LogP contribution in [0.3, 0.4) is 0 Å². The Bertz CT molecular complexity index is 608. The van der Waals surface area contributed by atoms with Gasteiger partial charge < -0.3 is 10.4 Å². The van der Waals surface area contributed by atoms with Crippen molar-refractivity contribution in [2.24, 2.45) is 0 Å². The number of hydrogen-bond donors (Lipinski definition) is 2. The maximum Gasteiger partial charge on any atom is 0.251 e. The molecule has 2 aromatic carbocycles. The summed E-state index contributed by atoms with van der Waals surface area (Å²) < 4.78 is 0. The van der Waals surface area contributed by atoms with Crippen molar-refractivity contribution in [3.8, 4) is 0 Å². The SMILES string of the molecule is C[C@H](/C=C/[C@H](CO)c1ccccc1)NC(=O)c1ccccc1. The molecule has 0 aliphatic carbocycles. The van der Waals surface area contributed by atoms with Crippen molar-refractivity contribution >= 4 is 5.91 Å². The van der Waals surface area contributed by atoms with Crippen LogP contribution in [-0.2, 0) is 0 Å². The molecule has 0 bridgehead atoms. The number of benzene rings is 2. The van der Waals surface area contributed by atoms with Crippen molar-refractivity contribution in [3.63, 3.8) is 0 Å². The standard InChI is InChI=1S/C19H21NO2/c1-15(20-19(22)17-10-6-3-7-11-17)12-13-18(14-21)16-8-4-2-5-9-16/h2-13,15,18,21H,14H2,1H3,(H,20,22)/b13-12+/t15-,18-/m1/s1. The Hall–Kier alpha value is -2.39. The second-order valence-electron chi connectivity index (χ2n) is 5.21. The Morgan fingerprint density at radius 3 is 2.23 bits per heavy atom. The molecule has 0 spiro atoms. The number of aliphatic hydroxyl groups excluding tert-OH is 1. The summed E-state index contributed by atoms with van der Waals surface area (Å²) in [6, 6.07) is 18.8. The molecule has 0 unspecified atom stereocenters. The van der Waals surface area contributed by atoms with Crippen LogP contribution in [-0.4, -0.2) is 23.7 Å². The van der Waals surface area contributed by atoms with Crippen molar-refractivity contribution in [3.05, 3.63) is 83.9 Å². The quantitative estimate of drug-likeness (QED) is 0.804. The molecule has 0 heterocycles. The van der Waals surface area contributed by atoms with E-state index in [0.717, 1.165) is 5.56 Å². The van der Waals surface area contributed by atoms with Crippen LogP contribution in [0.4, 0.5) is 0 Å². The molecule has 0 saturated carbocycles. The number of rotatable bonds is 6. The van der Waals surface area contributed by atoms with Crippen LogP contribution >= 0.6 is 0 Å². The Morgan fingerprint density at radius 1 is 1.05 bits per heavy atom. The molecule has 3 nitrogen and oxygen atoms in total. The minimum Gasteiger partial charge on any atom is -0.395 e. The van der Waals surface area contributed by atoms with Gasteiger partial charge in [-0.1, -0.05) is 60.7 Å². The molecule has 2 rings (SSSR count). The van der Waals surface area contributed by atoms with Gasteiger partial charge in [-0.25, -0.2) is 0 Å². The minimum atomic E-state index is -0.106. The summed E-state index contributed by atoms with van der Waals surface area (Å²) in [7, 11) is 0. The van der Waals surface area contributed by atoms with Gasteiger partial charge in [0.15, 0.2) is 0 Å². The van der Waals surface area contributed by atoms with Gasteiger partial charge in [0.25, 0.3) is 5.91 Å². The van der Waals surface area contributed by atoms with Gasteiger partial charge in [0.2, 0.25) is 0 Å². The maximum absolute atomic E-state index is 12.0. The fourth-order valence-corrected chi connectivity index (χ4v) is 2.21. The molecule has 2 atom stereocenters. The molecule has 22 heavy (non-hydrogen) atoms. The topological polar surface area (TPSA) is 49.3 Å². The average Bonchev–Trinajstić information content (AvgIpc) is 2.57. The second kappa shape index (κ2) is 8.15. The molecular formula is C19H21NO2. The molecular weight excluding hydrogens is 274 g/mol. The molecule has 0 fully saturated rings. The number of aliphatic hydroxyl groups is 1. The lowest BCUT2D eigenvalue weighted by molar-refractivity contribution is 0.0947. The maximum atomic E-state index is 12.0. The number of carbonyl (C=O) groups is 1. The third-order valence-electron chi connectivity index (χ3n) is 3.45. The number of hydrogen-bond acceptors (Lipinski definition) is 2. The molecule has 0 radical (unpaired) electrons. The van der Waals surface area contributed by atoms with Gasteiger partial charge >= 0.3 is 0 Å². The van der Waals surface area contributed by atoms with Gasteiger partial charge in [-0.05, 0) is 24.6 Å². The smallest absolute Gasteiger partial charge is 0.251 e. The number of nitrogens with one attached hydrogen (secondary N) is 1. The van der Waals surface area contributed by atoms with E-state index in [2.05, 4.69) is 5.32 Å². The van der Waals surface area contributed by atoms with Crippen molar-refractivity contribution in [1.29, 1.82) is 0 Å². The van der Waals surface area contributed by atoms with Crippen LogP contribution in [0.5, 0.6) is 0 Å². The highest BCUT2D eigenvalue weighted by molar-refractivity contribution is 5.94. The van der Waals surface area contributed by atoms with Crippen LogP contribution in [0.25, 0.3) is 0 Å². The van der Waals surface area contributed by atoms with Crippen LogP contribution in [0.15, 0.2) is 72.8 Å². The zero-order valence-corrected chi connectivity index (χ0v) is 12.6. The van der Waals surface area contributed by atoms with Gasteiger partial charge in [-0.3, -0.25) is 4.79 Å². The zero-order valence-electron chi connectivity index (χ0n) is 12.6. The monoisotopic (exact) mass is 295 g/mol. The van der Waals surface area contributed by atoms with Gasteiger partial charge in [-0.15, -0.1) is 0 Å². The predicted octanol–water partition coefficient (Wildman–Crippen LogP) is 3.14. The molecule has 0 aromatic heterocycles. The highest BCUT2D eigenvalue weighted by atomic mass is 16.3. The summed E-state index contributed by atoms with van der Waals surface area (Å²) in [5.41, 5.74) is 1.70. The minimum absolute atomic E-state index is 0.0415. The van der Waals surface area contributed by atoms with Crippen molar-refractivity contribution in [2.45, 2.75) is 18.9 Å². The van der Waals surface area contributed by atoms with Crippen LogP contribution < -0.4 is 5.32 Å². The Morgan fingerprint density at radius 2 is 1.64 bits per heavy atom. The summed E-state index contributed by atoms with van der Waals surface area (Å²) in [6.45, 7) is 1.95. The van der Waals surface area contributed by atoms with Gasteiger partial charge in [0.1, 0.15) is 0 Å². The fourth-order valence-electron chi connectivity index (χ4n) is 2.21. The molecule has 2 N–H and O–H groups in total. The van der Waals surface area contributed by atoms with E-state index in [1.54, 1.807) is 12.1 Å². The third kappa shape index (κ3) is 4.57. The lowest BCUT2D eigenvalue weighted by Crippen LogP contribution is -2.31. The largest absolute Gasteiger partial charge is 0.395 e. The van der Waals surface area contributed by atoms with Gasteiger partial charge in [-0.2, -0.15) is 0 Å². The lowest BCUT2D eigenvalue weighted by Gasteiger charge is -2.13. The van der Waals surface area contributed by atoms with E-state index in [9.17, 15) is 9.90 Å². The van der Waals surface area contributed by atoms with E-state index in [1.165, 1.54) is 0 Å². The van der Waals surface area contributed by atoms with Crippen molar-refractivity contribution in [2.75, 3.05) is 6.61 Å². The van der Waals surface area contributed by atoms with Crippen molar-refractivity contribution in [1.82, 2.24) is 5.32 Å². The highest BCUT2D eigenvalue weighted by Gasteiger charge is 2.09. The molecule has 0 aliphatic rings. The van der Waals surface area contributed by atoms with E-state index in [-0.39, 0.29) is 24.5 Å². The van der Waals surface area contributed by atoms with E-state index in [1.807, 2.05) is 67.6 Å². The number of carbonyl (C=O) groups excluding carboxylic acids is 1. The van der Waals surface area contributed by atoms with Crippen molar-refractivity contribution < 1.29 is 9.90 Å². The second-order valence-corrected chi connectivity index (χ2v) is 5.21. The Balaban J connectivity index is 1.96. The first kappa shape index (κ1) is 16.0.